The molecule has 0 bridgehead atoms. The Hall–Kier alpha value is -2.02. The van der Waals surface area contributed by atoms with Gasteiger partial charge in [0.2, 0.25) is 0 Å². The van der Waals surface area contributed by atoms with Crippen molar-refractivity contribution in [2.75, 3.05) is 37.5 Å². The van der Waals surface area contributed by atoms with E-state index in [1.165, 1.54) is 12.8 Å². The number of nitrogens with one attached hydrogen (secondary N) is 1. The van der Waals surface area contributed by atoms with Crippen LogP contribution in [-0.4, -0.2) is 37.3 Å². The lowest BCUT2D eigenvalue weighted by atomic mass is 10.2. The van der Waals surface area contributed by atoms with Gasteiger partial charge in [-0.2, -0.15) is 0 Å². The minimum Gasteiger partial charge on any atom is -0.493 e. The number of aromatic nitrogens is 2. The highest BCUT2D eigenvalue weighted by molar-refractivity contribution is 9.10. The van der Waals surface area contributed by atoms with Crippen molar-refractivity contribution in [1.29, 1.82) is 0 Å². The lowest BCUT2D eigenvalue weighted by molar-refractivity contribution is 0.354. The van der Waals surface area contributed by atoms with Gasteiger partial charge in [0.1, 0.15) is 18.0 Å². The van der Waals surface area contributed by atoms with Gasteiger partial charge in [-0.1, -0.05) is 15.9 Å². The molecule has 0 saturated carbocycles. The van der Waals surface area contributed by atoms with E-state index in [1.54, 1.807) is 20.5 Å². The van der Waals surface area contributed by atoms with Crippen LogP contribution in [0.1, 0.15) is 18.4 Å². The van der Waals surface area contributed by atoms with Gasteiger partial charge in [0.05, 0.1) is 14.2 Å². The van der Waals surface area contributed by atoms with Gasteiger partial charge in [-0.15, -0.1) is 0 Å². The maximum absolute atomic E-state index is 5.36. The van der Waals surface area contributed by atoms with E-state index in [0.29, 0.717) is 18.0 Å². The van der Waals surface area contributed by atoms with Crippen LogP contribution in [0.3, 0.4) is 0 Å². The van der Waals surface area contributed by atoms with E-state index in [2.05, 4.69) is 36.1 Å². The summed E-state index contributed by atoms with van der Waals surface area (Å²) in [4.78, 5) is 11.0. The molecule has 0 aliphatic carbocycles. The number of ether oxygens (including phenoxy) is 2. The van der Waals surface area contributed by atoms with Crippen LogP contribution in [-0.2, 0) is 6.54 Å². The number of hydrogen-bond acceptors (Lipinski definition) is 6. The lowest BCUT2D eigenvalue weighted by Gasteiger charge is -2.17. The Morgan fingerprint density at radius 2 is 1.79 bits per heavy atom. The van der Waals surface area contributed by atoms with Crippen LogP contribution in [0.15, 0.2) is 29.0 Å². The first kappa shape index (κ1) is 16.8. The van der Waals surface area contributed by atoms with Crippen molar-refractivity contribution in [2.24, 2.45) is 0 Å². The Morgan fingerprint density at radius 3 is 2.50 bits per heavy atom. The Morgan fingerprint density at radius 1 is 1.08 bits per heavy atom. The fraction of sp³-hybridized carbons (Fsp3) is 0.412. The van der Waals surface area contributed by atoms with Crippen LogP contribution < -0.4 is 19.7 Å². The van der Waals surface area contributed by atoms with E-state index < -0.39 is 0 Å². The minimum atomic E-state index is 0.622. The van der Waals surface area contributed by atoms with Gasteiger partial charge in [-0.3, -0.25) is 0 Å². The van der Waals surface area contributed by atoms with Crippen molar-refractivity contribution in [2.45, 2.75) is 19.4 Å². The second-order valence-electron chi connectivity index (χ2n) is 5.61. The number of benzene rings is 1. The molecule has 1 aromatic heterocycles. The minimum absolute atomic E-state index is 0.622. The SMILES string of the molecule is COc1cc(Br)c(CNc2cc(N3CCCC3)ncn2)cc1OC. The summed E-state index contributed by atoms with van der Waals surface area (Å²) in [6.07, 6.45) is 4.07. The molecule has 0 unspecified atom stereocenters. The van der Waals surface area contributed by atoms with E-state index in [-0.39, 0.29) is 0 Å². The predicted octanol–water partition coefficient (Wildman–Crippen LogP) is 3.47. The molecule has 2 aromatic rings. The number of hydrogen-bond donors (Lipinski definition) is 1. The maximum atomic E-state index is 5.36. The van der Waals surface area contributed by atoms with E-state index in [4.69, 9.17) is 9.47 Å². The first-order valence-corrected chi connectivity index (χ1v) is 8.72. The van der Waals surface area contributed by atoms with Crippen LogP contribution in [0.2, 0.25) is 0 Å². The second-order valence-corrected chi connectivity index (χ2v) is 6.46. The predicted molar refractivity (Wildman–Crippen MR) is 98.1 cm³/mol. The molecule has 128 valence electrons. The summed E-state index contributed by atoms with van der Waals surface area (Å²) >= 11 is 3.58. The highest BCUT2D eigenvalue weighted by Crippen LogP contribution is 2.33. The zero-order chi connectivity index (χ0) is 16.9. The maximum Gasteiger partial charge on any atom is 0.161 e. The summed E-state index contributed by atoms with van der Waals surface area (Å²) in [6, 6.07) is 5.87. The highest BCUT2D eigenvalue weighted by Gasteiger charge is 2.14. The first-order valence-electron chi connectivity index (χ1n) is 7.92. The van der Waals surface area contributed by atoms with Crippen molar-refractivity contribution in [1.82, 2.24) is 9.97 Å². The fourth-order valence-electron chi connectivity index (χ4n) is 2.78. The largest absolute Gasteiger partial charge is 0.493 e. The highest BCUT2D eigenvalue weighted by atomic mass is 79.9. The molecule has 1 N–H and O–H groups in total. The molecular weight excluding hydrogens is 372 g/mol. The van der Waals surface area contributed by atoms with Crippen molar-refractivity contribution in [3.05, 3.63) is 34.6 Å². The van der Waals surface area contributed by atoms with Crippen molar-refractivity contribution in [3.63, 3.8) is 0 Å². The van der Waals surface area contributed by atoms with Crippen LogP contribution in [0.5, 0.6) is 11.5 Å². The quantitative estimate of drug-likeness (QED) is 0.811. The summed E-state index contributed by atoms with van der Waals surface area (Å²) in [5.74, 6) is 3.20. The third-order valence-electron chi connectivity index (χ3n) is 4.10. The number of nitrogens with zero attached hydrogens (tertiary/aromatic N) is 3. The number of rotatable bonds is 6. The van der Waals surface area contributed by atoms with Gasteiger partial charge in [0.15, 0.2) is 11.5 Å². The Balaban J connectivity index is 1.72. The molecule has 0 amide bonds. The van der Waals surface area contributed by atoms with Crippen molar-refractivity contribution < 1.29 is 9.47 Å². The molecule has 1 saturated heterocycles. The Labute approximate surface area is 150 Å². The zero-order valence-electron chi connectivity index (χ0n) is 13.9. The smallest absolute Gasteiger partial charge is 0.161 e. The molecular formula is C17H21BrN4O2. The van der Waals surface area contributed by atoms with Gasteiger partial charge in [0, 0.05) is 30.2 Å². The van der Waals surface area contributed by atoms with E-state index in [9.17, 15) is 0 Å². The van der Waals surface area contributed by atoms with E-state index in [1.807, 2.05) is 18.2 Å². The number of methoxy groups -OCH3 is 2. The van der Waals surface area contributed by atoms with E-state index >= 15 is 0 Å². The molecule has 2 heterocycles. The second kappa shape index (κ2) is 7.70. The van der Waals surface area contributed by atoms with Crippen LogP contribution in [0, 0.1) is 0 Å². The summed E-state index contributed by atoms with van der Waals surface area (Å²) in [7, 11) is 3.26. The average Bonchev–Trinajstić information content (AvgIpc) is 3.15. The third-order valence-corrected chi connectivity index (χ3v) is 4.83. The monoisotopic (exact) mass is 392 g/mol. The molecule has 0 radical (unpaired) electrons. The van der Waals surface area contributed by atoms with Gasteiger partial charge >= 0.3 is 0 Å². The number of anilines is 2. The molecule has 7 heteroatoms. The van der Waals surface area contributed by atoms with Crippen molar-refractivity contribution in [3.8, 4) is 11.5 Å². The first-order chi connectivity index (χ1) is 11.7. The molecule has 1 aliphatic heterocycles. The van der Waals surface area contributed by atoms with Crippen LogP contribution >= 0.6 is 15.9 Å². The molecule has 3 rings (SSSR count). The molecule has 0 atom stereocenters. The standard InChI is InChI=1S/C17H21BrN4O2/c1-23-14-7-12(13(18)8-15(14)24-2)10-19-16-9-17(21-11-20-16)22-5-3-4-6-22/h7-9,11H,3-6,10H2,1-2H3,(H,19,20,21). The normalized spacial score (nSPS) is 13.9. The van der Waals surface area contributed by atoms with Crippen molar-refractivity contribution >= 4 is 27.6 Å². The van der Waals surface area contributed by atoms with Gasteiger partial charge in [-0.25, -0.2) is 9.97 Å². The zero-order valence-corrected chi connectivity index (χ0v) is 15.5. The molecule has 24 heavy (non-hydrogen) atoms. The van der Waals surface area contributed by atoms with Crippen LogP contribution in [0.25, 0.3) is 0 Å². The summed E-state index contributed by atoms with van der Waals surface area (Å²) in [6.45, 7) is 2.76. The molecule has 1 aliphatic rings. The Bertz CT molecular complexity index is 705. The Kier molecular flexibility index (Phi) is 5.40. The lowest BCUT2D eigenvalue weighted by Crippen LogP contribution is -2.19. The van der Waals surface area contributed by atoms with Gasteiger partial charge in [-0.05, 0) is 30.5 Å². The summed E-state index contributed by atoms with van der Waals surface area (Å²) in [5.41, 5.74) is 1.06. The van der Waals surface area contributed by atoms with Crippen LogP contribution in [0.4, 0.5) is 11.6 Å². The average molecular weight is 393 g/mol. The fourth-order valence-corrected chi connectivity index (χ4v) is 3.24. The molecule has 1 aromatic carbocycles. The third kappa shape index (κ3) is 3.72. The molecule has 0 spiro atoms. The topological polar surface area (TPSA) is 59.5 Å². The van der Waals surface area contributed by atoms with E-state index in [0.717, 1.165) is 34.8 Å². The molecule has 6 nitrogen and oxygen atoms in total. The van der Waals surface area contributed by atoms with Gasteiger partial charge < -0.3 is 19.7 Å². The summed E-state index contributed by atoms with van der Waals surface area (Å²) < 4.78 is 11.6. The summed E-state index contributed by atoms with van der Waals surface area (Å²) in [5, 5.41) is 3.35. The van der Waals surface area contributed by atoms with Gasteiger partial charge in [0.25, 0.3) is 0 Å². The molecule has 1 fully saturated rings. The number of halogens is 1.